The zero-order valence-electron chi connectivity index (χ0n) is 16.7. The fourth-order valence-corrected chi connectivity index (χ4v) is 3.51. The van der Waals surface area contributed by atoms with E-state index in [-0.39, 0.29) is 0 Å². The molecule has 0 atom stereocenters. The van der Waals surface area contributed by atoms with Crippen LogP contribution in [-0.4, -0.2) is 0 Å². The van der Waals surface area contributed by atoms with Gasteiger partial charge in [-0.2, -0.15) is 0 Å². The minimum absolute atomic E-state index is 0.834. The molecule has 1 nitrogen and oxygen atoms in total. The standard InChI is InChI=1S/C25H37N/c1-2-3-4-5-6-7-8-9-10-11-12-22-13-15-23(16-14-22)21-24-17-19-25(26)20-18-24/h13-20H,2-12,21,26H2,1H3. The molecule has 2 aromatic rings. The summed E-state index contributed by atoms with van der Waals surface area (Å²) in [7, 11) is 0. The van der Waals surface area contributed by atoms with Crippen molar-refractivity contribution in [2.24, 2.45) is 0 Å². The largest absolute Gasteiger partial charge is 0.399 e. The van der Waals surface area contributed by atoms with Gasteiger partial charge in [-0.05, 0) is 48.1 Å². The van der Waals surface area contributed by atoms with E-state index in [0.717, 1.165) is 12.1 Å². The number of benzene rings is 2. The van der Waals surface area contributed by atoms with Gasteiger partial charge in [-0.25, -0.2) is 0 Å². The Hall–Kier alpha value is -1.76. The van der Waals surface area contributed by atoms with E-state index in [1.54, 1.807) is 0 Å². The summed E-state index contributed by atoms with van der Waals surface area (Å²) in [5, 5.41) is 0. The summed E-state index contributed by atoms with van der Waals surface area (Å²) < 4.78 is 0. The lowest BCUT2D eigenvalue weighted by atomic mass is 10.0. The lowest BCUT2D eigenvalue weighted by Gasteiger charge is -2.06. The van der Waals surface area contributed by atoms with Crippen molar-refractivity contribution in [3.63, 3.8) is 0 Å². The molecule has 0 amide bonds. The number of unbranched alkanes of at least 4 members (excludes halogenated alkanes) is 9. The maximum absolute atomic E-state index is 5.75. The van der Waals surface area contributed by atoms with Crippen LogP contribution in [0.3, 0.4) is 0 Å². The van der Waals surface area contributed by atoms with Crippen molar-refractivity contribution in [2.45, 2.75) is 84.0 Å². The highest BCUT2D eigenvalue weighted by atomic mass is 14.5. The van der Waals surface area contributed by atoms with Gasteiger partial charge < -0.3 is 5.73 Å². The molecule has 26 heavy (non-hydrogen) atoms. The predicted octanol–water partition coefficient (Wildman–Crippen LogP) is 7.32. The fourth-order valence-electron chi connectivity index (χ4n) is 3.51. The molecule has 142 valence electrons. The Kier molecular flexibility index (Phi) is 9.94. The SMILES string of the molecule is CCCCCCCCCCCCc1ccc(Cc2ccc(N)cc2)cc1. The van der Waals surface area contributed by atoms with E-state index >= 15 is 0 Å². The minimum Gasteiger partial charge on any atom is -0.399 e. The first kappa shape index (κ1) is 20.6. The summed E-state index contributed by atoms with van der Waals surface area (Å²) in [6, 6.07) is 17.4. The summed E-state index contributed by atoms with van der Waals surface area (Å²) in [4.78, 5) is 0. The molecular weight excluding hydrogens is 314 g/mol. The van der Waals surface area contributed by atoms with Crippen LogP contribution >= 0.6 is 0 Å². The number of hydrogen-bond acceptors (Lipinski definition) is 1. The Labute approximate surface area is 161 Å². The van der Waals surface area contributed by atoms with Crippen molar-refractivity contribution in [1.29, 1.82) is 0 Å². The molecular formula is C25H37N. The molecule has 0 spiro atoms. The number of hydrogen-bond donors (Lipinski definition) is 1. The Bertz CT molecular complexity index is 583. The van der Waals surface area contributed by atoms with E-state index in [9.17, 15) is 0 Å². The second kappa shape index (κ2) is 12.6. The van der Waals surface area contributed by atoms with Crippen molar-refractivity contribution in [1.82, 2.24) is 0 Å². The minimum atomic E-state index is 0.834. The quantitative estimate of drug-likeness (QED) is 0.297. The molecule has 0 unspecified atom stereocenters. The number of aryl methyl sites for hydroxylation is 1. The van der Waals surface area contributed by atoms with Gasteiger partial charge in [0.1, 0.15) is 0 Å². The third kappa shape index (κ3) is 8.56. The molecule has 0 aromatic heterocycles. The molecule has 2 rings (SSSR count). The van der Waals surface area contributed by atoms with Crippen molar-refractivity contribution in [3.05, 3.63) is 65.2 Å². The molecule has 0 saturated carbocycles. The number of nitrogen functional groups attached to an aromatic ring is 1. The van der Waals surface area contributed by atoms with Crippen molar-refractivity contribution in [3.8, 4) is 0 Å². The molecule has 0 aliphatic carbocycles. The lowest BCUT2D eigenvalue weighted by Crippen LogP contribution is -1.91. The van der Waals surface area contributed by atoms with Crippen molar-refractivity contribution >= 4 is 5.69 Å². The second-order valence-corrected chi connectivity index (χ2v) is 7.67. The molecule has 0 fully saturated rings. The number of nitrogens with two attached hydrogens (primary N) is 1. The summed E-state index contributed by atoms with van der Waals surface area (Å²) >= 11 is 0. The molecule has 2 aromatic carbocycles. The highest BCUT2D eigenvalue weighted by Gasteiger charge is 1.99. The van der Waals surface area contributed by atoms with Gasteiger partial charge in [0.15, 0.2) is 0 Å². The Morgan fingerprint density at radius 1 is 0.538 bits per heavy atom. The monoisotopic (exact) mass is 351 g/mol. The van der Waals surface area contributed by atoms with Crippen LogP contribution in [0.15, 0.2) is 48.5 Å². The summed E-state index contributed by atoms with van der Waals surface area (Å²) in [6.45, 7) is 2.29. The van der Waals surface area contributed by atoms with Crippen LogP contribution in [-0.2, 0) is 12.8 Å². The van der Waals surface area contributed by atoms with Crippen LogP contribution in [0.2, 0.25) is 0 Å². The molecule has 0 radical (unpaired) electrons. The average Bonchev–Trinajstić information content (AvgIpc) is 2.66. The van der Waals surface area contributed by atoms with Gasteiger partial charge >= 0.3 is 0 Å². The van der Waals surface area contributed by atoms with E-state index in [1.165, 1.54) is 87.3 Å². The summed E-state index contributed by atoms with van der Waals surface area (Å²) in [5.41, 5.74) is 10.8. The van der Waals surface area contributed by atoms with Crippen LogP contribution in [0.4, 0.5) is 5.69 Å². The van der Waals surface area contributed by atoms with E-state index in [1.807, 2.05) is 12.1 Å². The molecule has 0 aliphatic heterocycles. The average molecular weight is 352 g/mol. The maximum Gasteiger partial charge on any atom is 0.0314 e. The highest BCUT2D eigenvalue weighted by Crippen LogP contribution is 2.15. The Morgan fingerprint density at radius 3 is 1.50 bits per heavy atom. The van der Waals surface area contributed by atoms with Gasteiger partial charge in [0.05, 0.1) is 0 Å². The number of anilines is 1. The molecule has 2 N–H and O–H groups in total. The third-order valence-electron chi connectivity index (χ3n) is 5.23. The van der Waals surface area contributed by atoms with E-state index < -0.39 is 0 Å². The highest BCUT2D eigenvalue weighted by molar-refractivity contribution is 5.40. The van der Waals surface area contributed by atoms with Gasteiger partial charge in [-0.15, -0.1) is 0 Å². The topological polar surface area (TPSA) is 26.0 Å². The van der Waals surface area contributed by atoms with Crippen LogP contribution < -0.4 is 5.73 Å². The lowest BCUT2D eigenvalue weighted by molar-refractivity contribution is 0.556. The first-order valence-electron chi connectivity index (χ1n) is 10.7. The maximum atomic E-state index is 5.75. The zero-order valence-corrected chi connectivity index (χ0v) is 16.7. The number of rotatable bonds is 13. The molecule has 0 heterocycles. The van der Waals surface area contributed by atoms with Crippen LogP contribution in [0.1, 0.15) is 87.8 Å². The molecule has 0 bridgehead atoms. The molecule has 1 heteroatoms. The van der Waals surface area contributed by atoms with Gasteiger partial charge in [0, 0.05) is 5.69 Å². The van der Waals surface area contributed by atoms with Gasteiger partial charge in [0.2, 0.25) is 0 Å². The van der Waals surface area contributed by atoms with Gasteiger partial charge in [-0.3, -0.25) is 0 Å². The van der Waals surface area contributed by atoms with Crippen LogP contribution in [0.5, 0.6) is 0 Å². The van der Waals surface area contributed by atoms with Crippen LogP contribution in [0, 0.1) is 0 Å². The molecule has 0 aliphatic rings. The van der Waals surface area contributed by atoms with Crippen molar-refractivity contribution in [2.75, 3.05) is 5.73 Å². The first-order chi connectivity index (χ1) is 12.8. The van der Waals surface area contributed by atoms with E-state index in [4.69, 9.17) is 5.73 Å². The fraction of sp³-hybridized carbons (Fsp3) is 0.520. The predicted molar refractivity (Wildman–Crippen MR) is 116 cm³/mol. The van der Waals surface area contributed by atoms with E-state index in [0.29, 0.717) is 0 Å². The van der Waals surface area contributed by atoms with E-state index in [2.05, 4.69) is 43.3 Å². The zero-order chi connectivity index (χ0) is 18.5. The summed E-state index contributed by atoms with van der Waals surface area (Å²) in [5.74, 6) is 0. The van der Waals surface area contributed by atoms with Crippen molar-refractivity contribution < 1.29 is 0 Å². The normalized spacial score (nSPS) is 11.0. The second-order valence-electron chi connectivity index (χ2n) is 7.67. The Morgan fingerprint density at radius 2 is 0.962 bits per heavy atom. The summed E-state index contributed by atoms with van der Waals surface area (Å²) in [6.07, 6.45) is 16.3. The third-order valence-corrected chi connectivity index (χ3v) is 5.23. The Balaban J connectivity index is 1.55. The first-order valence-corrected chi connectivity index (χ1v) is 10.7. The van der Waals surface area contributed by atoms with Crippen LogP contribution in [0.25, 0.3) is 0 Å². The molecule has 0 saturated heterocycles. The smallest absolute Gasteiger partial charge is 0.0314 e. The van der Waals surface area contributed by atoms with Gasteiger partial charge in [-0.1, -0.05) is 101 Å². The van der Waals surface area contributed by atoms with Gasteiger partial charge in [0.25, 0.3) is 0 Å².